The monoisotopic (exact) mass is 480 g/mol. The second kappa shape index (κ2) is 12.9. The van der Waals surface area contributed by atoms with E-state index in [1.54, 1.807) is 6.07 Å². The van der Waals surface area contributed by atoms with Gasteiger partial charge < -0.3 is 14.2 Å². The molecule has 5 nitrogen and oxygen atoms in total. The van der Waals surface area contributed by atoms with Crippen LogP contribution in [0.4, 0.5) is 0 Å². The second-order valence-corrected chi connectivity index (χ2v) is 9.02. The van der Waals surface area contributed by atoms with E-state index in [4.69, 9.17) is 25.8 Å². The number of benzene rings is 2. The summed E-state index contributed by atoms with van der Waals surface area (Å²) in [5.74, 6) is 0.876. The summed E-state index contributed by atoms with van der Waals surface area (Å²) < 4.78 is 17.5. The zero-order chi connectivity index (χ0) is 23.6. The van der Waals surface area contributed by atoms with Crippen LogP contribution in [0.1, 0.15) is 29.8 Å². The molecule has 0 saturated carbocycles. The molecular weight excluding hydrogens is 448 g/mol. The van der Waals surface area contributed by atoms with Crippen LogP contribution < -0.4 is 4.74 Å². The van der Waals surface area contributed by atoms with Crippen LogP contribution in [-0.2, 0) is 22.3 Å². The van der Waals surface area contributed by atoms with Crippen molar-refractivity contribution in [2.75, 3.05) is 39.5 Å². The molecule has 180 valence electrons. The van der Waals surface area contributed by atoms with E-state index in [9.17, 15) is 0 Å². The molecule has 2 atom stereocenters. The van der Waals surface area contributed by atoms with Crippen molar-refractivity contribution in [3.63, 3.8) is 0 Å². The fraction of sp³-hybridized carbons (Fsp3) is 0.393. The van der Waals surface area contributed by atoms with E-state index in [-0.39, 0.29) is 6.10 Å². The molecule has 1 aromatic heterocycles. The molecule has 6 heteroatoms. The van der Waals surface area contributed by atoms with Crippen LogP contribution in [0, 0.1) is 0 Å². The number of ether oxygens (including phenoxy) is 3. The number of morpholine rings is 1. The zero-order valence-electron chi connectivity index (χ0n) is 19.7. The van der Waals surface area contributed by atoms with Gasteiger partial charge >= 0.3 is 0 Å². The SMILES string of the molecule is CC(Cc1ccc(OCCOCCc2ccccc2)cc1)N1CCOC(c2cccc(Cl)n2)C1. The maximum atomic E-state index is 6.06. The van der Waals surface area contributed by atoms with Crippen LogP contribution in [0.5, 0.6) is 5.75 Å². The first-order chi connectivity index (χ1) is 16.7. The summed E-state index contributed by atoms with van der Waals surface area (Å²) in [4.78, 5) is 6.90. The Bertz CT molecular complexity index is 1000. The molecule has 4 rings (SSSR count). The lowest BCUT2D eigenvalue weighted by Gasteiger charge is -2.36. The number of rotatable bonds is 11. The van der Waals surface area contributed by atoms with Gasteiger partial charge in [-0.1, -0.05) is 60.1 Å². The van der Waals surface area contributed by atoms with Crippen molar-refractivity contribution < 1.29 is 14.2 Å². The summed E-state index contributed by atoms with van der Waals surface area (Å²) in [6.07, 6.45) is 1.85. The van der Waals surface area contributed by atoms with Gasteiger partial charge in [0, 0.05) is 19.1 Å². The minimum absolute atomic E-state index is 0.0411. The van der Waals surface area contributed by atoms with Crippen molar-refractivity contribution in [1.82, 2.24) is 9.88 Å². The molecule has 0 amide bonds. The lowest BCUT2D eigenvalue weighted by molar-refractivity contribution is -0.0444. The van der Waals surface area contributed by atoms with Crippen molar-refractivity contribution in [3.05, 3.63) is 94.8 Å². The minimum atomic E-state index is -0.0411. The van der Waals surface area contributed by atoms with E-state index in [0.717, 1.165) is 37.4 Å². The third-order valence-corrected chi connectivity index (χ3v) is 6.33. The Balaban J connectivity index is 1.17. The van der Waals surface area contributed by atoms with Gasteiger partial charge in [-0.25, -0.2) is 4.98 Å². The predicted octanol–water partition coefficient (Wildman–Crippen LogP) is 5.38. The molecule has 2 aromatic carbocycles. The Kier molecular flexibility index (Phi) is 9.34. The van der Waals surface area contributed by atoms with E-state index in [0.29, 0.717) is 37.6 Å². The van der Waals surface area contributed by atoms with Gasteiger partial charge in [0.2, 0.25) is 0 Å². The molecule has 0 spiro atoms. The second-order valence-electron chi connectivity index (χ2n) is 8.63. The third kappa shape index (κ3) is 7.54. The largest absolute Gasteiger partial charge is 0.491 e. The van der Waals surface area contributed by atoms with Crippen molar-refractivity contribution in [2.24, 2.45) is 0 Å². The van der Waals surface area contributed by atoms with Crippen molar-refractivity contribution in [2.45, 2.75) is 31.9 Å². The highest BCUT2D eigenvalue weighted by molar-refractivity contribution is 6.29. The number of hydrogen-bond donors (Lipinski definition) is 0. The van der Waals surface area contributed by atoms with Gasteiger partial charge in [-0.05, 0) is 55.2 Å². The van der Waals surface area contributed by atoms with E-state index in [1.807, 2.05) is 30.3 Å². The Labute approximate surface area is 207 Å². The highest BCUT2D eigenvalue weighted by Crippen LogP contribution is 2.24. The molecule has 1 aliphatic rings. The molecule has 0 N–H and O–H groups in total. The zero-order valence-corrected chi connectivity index (χ0v) is 20.5. The van der Waals surface area contributed by atoms with E-state index >= 15 is 0 Å². The molecule has 0 bridgehead atoms. The fourth-order valence-electron chi connectivity index (χ4n) is 4.20. The smallest absolute Gasteiger partial charge is 0.129 e. The highest BCUT2D eigenvalue weighted by atomic mass is 35.5. The van der Waals surface area contributed by atoms with Gasteiger partial charge in [0.15, 0.2) is 0 Å². The van der Waals surface area contributed by atoms with E-state index in [2.05, 4.69) is 53.2 Å². The van der Waals surface area contributed by atoms with Crippen LogP contribution in [0.25, 0.3) is 0 Å². The summed E-state index contributed by atoms with van der Waals surface area (Å²) in [6.45, 7) is 6.56. The van der Waals surface area contributed by atoms with Gasteiger partial charge in [0.05, 0.1) is 25.5 Å². The summed E-state index contributed by atoms with van der Waals surface area (Å²) in [7, 11) is 0. The molecule has 1 saturated heterocycles. The van der Waals surface area contributed by atoms with Crippen LogP contribution in [0.3, 0.4) is 0 Å². The standard InChI is InChI=1S/C28H33ClN2O3/c1-22(31-15-17-34-27(21-31)26-8-5-9-28(29)30-26)20-24-10-12-25(13-11-24)33-19-18-32-16-14-23-6-3-2-4-7-23/h2-13,22,27H,14-21H2,1H3. The predicted molar refractivity (Wildman–Crippen MR) is 136 cm³/mol. The first kappa shape index (κ1) is 24.7. The van der Waals surface area contributed by atoms with Crippen molar-refractivity contribution >= 4 is 11.6 Å². The number of nitrogens with zero attached hydrogens (tertiary/aromatic N) is 2. The maximum Gasteiger partial charge on any atom is 0.129 e. The molecule has 2 unspecified atom stereocenters. The molecule has 34 heavy (non-hydrogen) atoms. The Morgan fingerprint density at radius 1 is 0.971 bits per heavy atom. The van der Waals surface area contributed by atoms with Crippen molar-refractivity contribution in [1.29, 1.82) is 0 Å². The molecule has 3 aromatic rings. The Hall–Kier alpha value is -2.44. The average Bonchev–Trinajstić information content (AvgIpc) is 2.88. The van der Waals surface area contributed by atoms with E-state index in [1.165, 1.54) is 11.1 Å². The Morgan fingerprint density at radius 3 is 2.59 bits per heavy atom. The summed E-state index contributed by atoms with van der Waals surface area (Å²) in [5, 5.41) is 0.507. The lowest BCUT2D eigenvalue weighted by Crippen LogP contribution is -2.44. The lowest BCUT2D eigenvalue weighted by atomic mass is 10.0. The highest BCUT2D eigenvalue weighted by Gasteiger charge is 2.26. The molecule has 0 aliphatic carbocycles. The molecule has 2 heterocycles. The van der Waals surface area contributed by atoms with Crippen LogP contribution in [-0.4, -0.2) is 55.4 Å². The van der Waals surface area contributed by atoms with Crippen LogP contribution in [0.15, 0.2) is 72.8 Å². The fourth-order valence-corrected chi connectivity index (χ4v) is 4.37. The number of aromatic nitrogens is 1. The normalized spacial score (nSPS) is 17.4. The minimum Gasteiger partial charge on any atom is -0.491 e. The van der Waals surface area contributed by atoms with Gasteiger partial charge in [-0.15, -0.1) is 0 Å². The first-order valence-corrected chi connectivity index (χ1v) is 12.4. The molecule has 0 radical (unpaired) electrons. The van der Waals surface area contributed by atoms with Crippen LogP contribution >= 0.6 is 11.6 Å². The van der Waals surface area contributed by atoms with Gasteiger partial charge in [-0.3, -0.25) is 4.90 Å². The van der Waals surface area contributed by atoms with Crippen LogP contribution in [0.2, 0.25) is 5.15 Å². The van der Waals surface area contributed by atoms with Gasteiger partial charge in [0.25, 0.3) is 0 Å². The van der Waals surface area contributed by atoms with Gasteiger partial charge in [-0.2, -0.15) is 0 Å². The number of halogens is 1. The first-order valence-electron chi connectivity index (χ1n) is 12.0. The molecule has 1 aliphatic heterocycles. The van der Waals surface area contributed by atoms with E-state index < -0.39 is 0 Å². The summed E-state index contributed by atoms with van der Waals surface area (Å²) >= 11 is 6.06. The molecule has 1 fully saturated rings. The maximum absolute atomic E-state index is 6.06. The average molecular weight is 481 g/mol. The quantitative estimate of drug-likeness (QED) is 0.272. The van der Waals surface area contributed by atoms with Crippen molar-refractivity contribution in [3.8, 4) is 5.75 Å². The summed E-state index contributed by atoms with van der Waals surface area (Å²) in [6, 6.07) is 24.9. The topological polar surface area (TPSA) is 43.8 Å². The number of hydrogen-bond acceptors (Lipinski definition) is 5. The Morgan fingerprint density at radius 2 is 1.79 bits per heavy atom. The third-order valence-electron chi connectivity index (χ3n) is 6.12. The molecular formula is C28H33ClN2O3. The van der Waals surface area contributed by atoms with Gasteiger partial charge in [0.1, 0.15) is 23.6 Å². The summed E-state index contributed by atoms with van der Waals surface area (Å²) in [5.41, 5.74) is 3.49. The number of pyridine rings is 1.